The van der Waals surface area contributed by atoms with Gasteiger partial charge >= 0.3 is 5.97 Å². The number of ether oxygens (including phenoxy) is 1. The van der Waals surface area contributed by atoms with Gasteiger partial charge in [-0.15, -0.1) is 0 Å². The zero-order valence-electron chi connectivity index (χ0n) is 8.44. The van der Waals surface area contributed by atoms with Gasteiger partial charge in [-0.2, -0.15) is 0 Å². The molecule has 0 bridgehead atoms. The molecule has 0 saturated carbocycles. The molecule has 0 saturated heterocycles. The van der Waals surface area contributed by atoms with Crippen LogP contribution in [0.1, 0.15) is 19.0 Å². The second kappa shape index (κ2) is 6.19. The molecule has 1 aromatic heterocycles. The molecular formula is C11H12ClNO2. The predicted molar refractivity (Wildman–Crippen MR) is 59.5 cm³/mol. The first-order valence-corrected chi connectivity index (χ1v) is 5.04. The second-order valence-electron chi connectivity index (χ2n) is 2.78. The van der Waals surface area contributed by atoms with Gasteiger partial charge in [0.05, 0.1) is 23.7 Å². The molecule has 4 heteroatoms. The van der Waals surface area contributed by atoms with Crippen LogP contribution in [0.5, 0.6) is 0 Å². The summed E-state index contributed by atoms with van der Waals surface area (Å²) in [5.74, 6) is -0.249. The minimum Gasteiger partial charge on any atom is -0.466 e. The Kier molecular flexibility index (Phi) is 4.84. The molecule has 0 radical (unpaired) electrons. The van der Waals surface area contributed by atoms with Crippen molar-refractivity contribution in [3.8, 4) is 0 Å². The van der Waals surface area contributed by atoms with Crippen molar-refractivity contribution >= 4 is 23.6 Å². The summed E-state index contributed by atoms with van der Waals surface area (Å²) in [7, 11) is 0. The lowest BCUT2D eigenvalue weighted by atomic mass is 10.3. The van der Waals surface area contributed by atoms with Gasteiger partial charge in [-0.3, -0.25) is 9.78 Å². The van der Waals surface area contributed by atoms with Crippen LogP contribution in [-0.2, 0) is 9.53 Å². The Bertz CT molecular complexity index is 363. The van der Waals surface area contributed by atoms with Gasteiger partial charge in [-0.1, -0.05) is 17.7 Å². The van der Waals surface area contributed by atoms with Crippen molar-refractivity contribution in [2.24, 2.45) is 0 Å². The third-order valence-corrected chi connectivity index (χ3v) is 1.97. The van der Waals surface area contributed by atoms with E-state index in [-0.39, 0.29) is 12.4 Å². The molecule has 1 heterocycles. The first-order chi connectivity index (χ1) is 7.24. The Labute approximate surface area is 93.7 Å². The fraction of sp³-hybridized carbons (Fsp3) is 0.273. The van der Waals surface area contributed by atoms with Gasteiger partial charge in [0.2, 0.25) is 0 Å². The normalized spacial score (nSPS) is 10.5. The maximum atomic E-state index is 11.0. The lowest BCUT2D eigenvalue weighted by molar-refractivity contribution is -0.142. The lowest BCUT2D eigenvalue weighted by Crippen LogP contribution is -2.01. The van der Waals surface area contributed by atoms with Crippen LogP contribution in [-0.4, -0.2) is 17.6 Å². The largest absolute Gasteiger partial charge is 0.466 e. The summed E-state index contributed by atoms with van der Waals surface area (Å²) in [6.07, 6.45) is 5.28. The van der Waals surface area contributed by atoms with Gasteiger partial charge in [0, 0.05) is 6.20 Å². The lowest BCUT2D eigenvalue weighted by Gasteiger charge is -1.97. The number of carbonyl (C=O) groups is 1. The molecule has 0 fully saturated rings. The predicted octanol–water partition coefficient (Wildman–Crippen LogP) is 2.70. The van der Waals surface area contributed by atoms with E-state index in [2.05, 4.69) is 4.98 Å². The van der Waals surface area contributed by atoms with E-state index in [0.717, 1.165) is 0 Å². The van der Waals surface area contributed by atoms with E-state index in [1.54, 1.807) is 37.4 Å². The molecule has 0 unspecified atom stereocenters. The maximum Gasteiger partial charge on any atom is 0.309 e. The SMILES string of the molecule is CCOC(=O)CC=Cc1ncccc1Cl. The molecule has 0 aliphatic rings. The second-order valence-corrected chi connectivity index (χ2v) is 3.19. The molecule has 15 heavy (non-hydrogen) atoms. The van der Waals surface area contributed by atoms with Gasteiger partial charge in [-0.25, -0.2) is 0 Å². The summed E-state index contributed by atoms with van der Waals surface area (Å²) in [5, 5.41) is 0.567. The number of hydrogen-bond acceptors (Lipinski definition) is 3. The maximum absolute atomic E-state index is 11.0. The fourth-order valence-electron chi connectivity index (χ4n) is 1.01. The van der Waals surface area contributed by atoms with Gasteiger partial charge in [0.25, 0.3) is 0 Å². The number of pyridine rings is 1. The van der Waals surface area contributed by atoms with Crippen molar-refractivity contribution in [3.63, 3.8) is 0 Å². The monoisotopic (exact) mass is 225 g/mol. The van der Waals surface area contributed by atoms with E-state index in [1.807, 2.05) is 0 Å². The summed E-state index contributed by atoms with van der Waals surface area (Å²) in [4.78, 5) is 15.0. The molecule has 1 aromatic rings. The molecule has 0 aliphatic heterocycles. The van der Waals surface area contributed by atoms with Crippen LogP contribution < -0.4 is 0 Å². The summed E-state index contributed by atoms with van der Waals surface area (Å²) in [6.45, 7) is 2.17. The Morgan fingerprint density at radius 3 is 3.13 bits per heavy atom. The molecule has 3 nitrogen and oxygen atoms in total. The van der Waals surface area contributed by atoms with Crippen molar-refractivity contribution in [1.82, 2.24) is 4.98 Å². The zero-order valence-corrected chi connectivity index (χ0v) is 9.20. The number of nitrogens with zero attached hydrogens (tertiary/aromatic N) is 1. The summed E-state index contributed by atoms with van der Waals surface area (Å²) >= 11 is 5.87. The minimum absolute atomic E-state index is 0.237. The van der Waals surface area contributed by atoms with Crippen molar-refractivity contribution < 1.29 is 9.53 Å². The molecule has 0 atom stereocenters. The number of esters is 1. The Morgan fingerprint density at radius 2 is 2.47 bits per heavy atom. The zero-order chi connectivity index (χ0) is 11.1. The molecule has 0 aliphatic carbocycles. The number of carbonyl (C=O) groups excluding carboxylic acids is 1. The molecule has 1 rings (SSSR count). The van der Waals surface area contributed by atoms with E-state index >= 15 is 0 Å². The molecule has 0 N–H and O–H groups in total. The minimum atomic E-state index is -0.249. The van der Waals surface area contributed by atoms with Gasteiger partial charge in [-0.05, 0) is 25.1 Å². The summed E-state index contributed by atoms with van der Waals surface area (Å²) < 4.78 is 4.77. The first kappa shape index (κ1) is 11.7. The van der Waals surface area contributed by atoms with Crippen LogP contribution in [0.4, 0.5) is 0 Å². The van der Waals surface area contributed by atoms with Crippen molar-refractivity contribution in [3.05, 3.63) is 35.1 Å². The van der Waals surface area contributed by atoms with Crippen LogP contribution in [0.3, 0.4) is 0 Å². The number of hydrogen-bond donors (Lipinski definition) is 0. The molecular weight excluding hydrogens is 214 g/mol. The Balaban J connectivity index is 2.52. The third-order valence-electron chi connectivity index (χ3n) is 1.65. The van der Waals surface area contributed by atoms with E-state index in [1.165, 1.54) is 0 Å². The molecule has 0 amide bonds. The Morgan fingerprint density at radius 1 is 1.67 bits per heavy atom. The van der Waals surface area contributed by atoms with Crippen LogP contribution in [0.25, 0.3) is 6.08 Å². The quantitative estimate of drug-likeness (QED) is 0.740. The molecule has 0 aromatic carbocycles. The highest BCUT2D eigenvalue weighted by Crippen LogP contribution is 2.13. The smallest absolute Gasteiger partial charge is 0.309 e. The van der Waals surface area contributed by atoms with E-state index in [4.69, 9.17) is 16.3 Å². The van der Waals surface area contributed by atoms with Crippen LogP contribution in [0, 0.1) is 0 Å². The first-order valence-electron chi connectivity index (χ1n) is 4.66. The topological polar surface area (TPSA) is 39.2 Å². The fourth-order valence-corrected chi connectivity index (χ4v) is 1.19. The van der Waals surface area contributed by atoms with E-state index in [9.17, 15) is 4.79 Å². The molecule has 0 spiro atoms. The standard InChI is InChI=1S/C11H12ClNO2/c1-2-15-11(14)7-3-6-10-9(12)5-4-8-13-10/h3-6,8H,2,7H2,1H3. The van der Waals surface area contributed by atoms with E-state index < -0.39 is 0 Å². The molecule has 80 valence electrons. The average Bonchev–Trinajstić information content (AvgIpc) is 2.21. The van der Waals surface area contributed by atoms with Crippen LogP contribution in [0.15, 0.2) is 24.4 Å². The highest BCUT2D eigenvalue weighted by molar-refractivity contribution is 6.31. The number of rotatable bonds is 4. The highest BCUT2D eigenvalue weighted by atomic mass is 35.5. The highest BCUT2D eigenvalue weighted by Gasteiger charge is 1.98. The van der Waals surface area contributed by atoms with Crippen LogP contribution in [0.2, 0.25) is 5.02 Å². The van der Waals surface area contributed by atoms with Gasteiger partial charge in [0.15, 0.2) is 0 Å². The summed E-state index contributed by atoms with van der Waals surface area (Å²) in [6, 6.07) is 3.50. The van der Waals surface area contributed by atoms with Crippen LogP contribution >= 0.6 is 11.6 Å². The summed E-state index contributed by atoms with van der Waals surface area (Å²) in [5.41, 5.74) is 0.656. The van der Waals surface area contributed by atoms with Gasteiger partial charge in [0.1, 0.15) is 0 Å². The van der Waals surface area contributed by atoms with Crippen molar-refractivity contribution in [2.75, 3.05) is 6.61 Å². The van der Waals surface area contributed by atoms with Gasteiger partial charge < -0.3 is 4.74 Å². The average molecular weight is 226 g/mol. The Hall–Kier alpha value is -1.35. The van der Waals surface area contributed by atoms with Crippen molar-refractivity contribution in [2.45, 2.75) is 13.3 Å². The third kappa shape index (κ3) is 4.13. The van der Waals surface area contributed by atoms with E-state index in [0.29, 0.717) is 17.3 Å². The number of halogens is 1. The van der Waals surface area contributed by atoms with Crippen molar-refractivity contribution in [1.29, 1.82) is 0 Å². The number of aromatic nitrogens is 1.